The normalized spacial score (nSPS) is 10.4. The lowest BCUT2D eigenvalue weighted by Gasteiger charge is -2.11. The van der Waals surface area contributed by atoms with Gasteiger partial charge in [0.15, 0.2) is 0 Å². The van der Waals surface area contributed by atoms with Gasteiger partial charge in [0, 0.05) is 0 Å². The van der Waals surface area contributed by atoms with E-state index < -0.39 is 6.36 Å². The lowest BCUT2D eigenvalue weighted by atomic mass is 10.0. The van der Waals surface area contributed by atoms with Crippen LogP contribution in [-0.2, 0) is 12.8 Å². The van der Waals surface area contributed by atoms with E-state index in [1.807, 2.05) is 12.1 Å². The van der Waals surface area contributed by atoms with Crippen LogP contribution in [0.4, 0.5) is 13.2 Å². The molecule has 3 nitrogen and oxygen atoms in total. The zero-order valence-corrected chi connectivity index (χ0v) is 8.58. The van der Waals surface area contributed by atoms with Crippen molar-refractivity contribution in [1.29, 1.82) is 10.5 Å². The second-order valence-electron chi connectivity index (χ2n) is 3.15. The summed E-state index contributed by atoms with van der Waals surface area (Å²) in [4.78, 5) is 0. The number of rotatable bonds is 3. The SMILES string of the molecule is N#CCc1ccc(OC(F)(F)F)cc1CC#N. The molecule has 1 aromatic carbocycles. The van der Waals surface area contributed by atoms with E-state index >= 15 is 0 Å². The zero-order valence-electron chi connectivity index (χ0n) is 8.58. The van der Waals surface area contributed by atoms with Gasteiger partial charge in [0.1, 0.15) is 5.75 Å². The Bertz CT molecular complexity index is 483. The van der Waals surface area contributed by atoms with Gasteiger partial charge in [-0.25, -0.2) is 0 Å². The summed E-state index contributed by atoms with van der Waals surface area (Å²) < 4.78 is 39.6. The molecule has 0 unspecified atom stereocenters. The Morgan fingerprint density at radius 3 is 2.18 bits per heavy atom. The largest absolute Gasteiger partial charge is 0.573 e. The van der Waals surface area contributed by atoms with Gasteiger partial charge in [-0.15, -0.1) is 13.2 Å². The number of alkyl halides is 3. The molecule has 6 heteroatoms. The van der Waals surface area contributed by atoms with Crippen LogP contribution in [0.25, 0.3) is 0 Å². The Morgan fingerprint density at radius 2 is 1.65 bits per heavy atom. The van der Waals surface area contributed by atoms with Gasteiger partial charge in [0.05, 0.1) is 25.0 Å². The first-order valence-corrected chi connectivity index (χ1v) is 4.57. The lowest BCUT2D eigenvalue weighted by Crippen LogP contribution is -2.17. The topological polar surface area (TPSA) is 56.8 Å². The Balaban J connectivity index is 3.02. The first-order valence-electron chi connectivity index (χ1n) is 4.57. The molecule has 0 bridgehead atoms. The van der Waals surface area contributed by atoms with Crippen molar-refractivity contribution < 1.29 is 17.9 Å². The Kier molecular flexibility index (Phi) is 3.95. The van der Waals surface area contributed by atoms with Crippen LogP contribution >= 0.6 is 0 Å². The molecule has 0 aliphatic rings. The van der Waals surface area contributed by atoms with Gasteiger partial charge in [-0.2, -0.15) is 10.5 Å². The van der Waals surface area contributed by atoms with Crippen LogP contribution in [0.2, 0.25) is 0 Å². The molecule has 0 saturated heterocycles. The fraction of sp³-hybridized carbons (Fsp3) is 0.273. The molecule has 0 atom stereocenters. The quantitative estimate of drug-likeness (QED) is 0.816. The smallest absolute Gasteiger partial charge is 0.406 e. The summed E-state index contributed by atoms with van der Waals surface area (Å²) in [6.07, 6.45) is -4.78. The highest BCUT2D eigenvalue weighted by atomic mass is 19.4. The summed E-state index contributed by atoms with van der Waals surface area (Å²) >= 11 is 0. The van der Waals surface area contributed by atoms with Crippen LogP contribution in [0.5, 0.6) is 5.75 Å². The molecular weight excluding hydrogens is 233 g/mol. The summed E-state index contributed by atoms with van der Waals surface area (Å²) in [5, 5.41) is 17.1. The van der Waals surface area contributed by atoms with Crippen molar-refractivity contribution in [2.24, 2.45) is 0 Å². The number of ether oxygens (including phenoxy) is 1. The molecule has 17 heavy (non-hydrogen) atoms. The minimum atomic E-state index is -4.76. The first kappa shape index (κ1) is 12.9. The standard InChI is InChI=1S/C11H7F3N2O/c12-11(13,14)17-10-2-1-8(3-5-15)9(7-10)4-6-16/h1-2,7H,3-4H2. The molecule has 0 spiro atoms. The van der Waals surface area contributed by atoms with Crippen molar-refractivity contribution in [3.63, 3.8) is 0 Å². The minimum absolute atomic E-state index is 0.0450. The average Bonchev–Trinajstić information content (AvgIpc) is 2.20. The third-order valence-electron chi connectivity index (χ3n) is 1.95. The molecule has 0 fully saturated rings. The predicted octanol–water partition coefficient (Wildman–Crippen LogP) is 2.72. The van der Waals surface area contributed by atoms with E-state index in [4.69, 9.17) is 10.5 Å². The van der Waals surface area contributed by atoms with E-state index in [9.17, 15) is 13.2 Å². The molecular formula is C11H7F3N2O. The van der Waals surface area contributed by atoms with Crippen LogP contribution in [0.1, 0.15) is 11.1 Å². The third-order valence-corrected chi connectivity index (χ3v) is 1.95. The van der Waals surface area contributed by atoms with Crippen molar-refractivity contribution in [1.82, 2.24) is 0 Å². The number of halogens is 3. The summed E-state index contributed by atoms with van der Waals surface area (Å²) in [7, 11) is 0. The van der Waals surface area contributed by atoms with Crippen LogP contribution in [-0.4, -0.2) is 6.36 Å². The van der Waals surface area contributed by atoms with E-state index in [1.165, 1.54) is 6.07 Å². The van der Waals surface area contributed by atoms with E-state index in [0.29, 0.717) is 11.1 Å². The minimum Gasteiger partial charge on any atom is -0.406 e. The molecule has 1 aromatic rings. The highest BCUT2D eigenvalue weighted by Crippen LogP contribution is 2.25. The summed E-state index contributed by atoms with van der Waals surface area (Å²) in [6, 6.07) is 7.32. The Morgan fingerprint density at radius 1 is 1.06 bits per heavy atom. The van der Waals surface area contributed by atoms with Gasteiger partial charge in [-0.05, 0) is 23.3 Å². The number of hydrogen-bond donors (Lipinski definition) is 0. The van der Waals surface area contributed by atoms with E-state index in [-0.39, 0.29) is 18.6 Å². The third kappa shape index (κ3) is 4.04. The fourth-order valence-corrected chi connectivity index (χ4v) is 1.31. The van der Waals surface area contributed by atoms with Gasteiger partial charge in [0.25, 0.3) is 0 Å². The molecule has 0 N–H and O–H groups in total. The molecule has 0 amide bonds. The molecule has 0 saturated carbocycles. The maximum absolute atomic E-state index is 12.0. The van der Waals surface area contributed by atoms with Crippen LogP contribution < -0.4 is 4.74 Å². The number of benzene rings is 1. The molecule has 0 heterocycles. The van der Waals surface area contributed by atoms with Gasteiger partial charge >= 0.3 is 6.36 Å². The average molecular weight is 240 g/mol. The number of hydrogen-bond acceptors (Lipinski definition) is 3. The van der Waals surface area contributed by atoms with Crippen molar-refractivity contribution in [3.8, 4) is 17.9 Å². The molecule has 0 aliphatic carbocycles. The van der Waals surface area contributed by atoms with Gasteiger partial charge < -0.3 is 4.74 Å². The summed E-state index contributed by atoms with van der Waals surface area (Å²) in [6.45, 7) is 0. The van der Waals surface area contributed by atoms with Crippen LogP contribution in [0.3, 0.4) is 0 Å². The molecule has 88 valence electrons. The highest BCUT2D eigenvalue weighted by molar-refractivity contribution is 5.38. The van der Waals surface area contributed by atoms with Crippen molar-refractivity contribution in [2.45, 2.75) is 19.2 Å². The monoisotopic (exact) mass is 240 g/mol. The maximum atomic E-state index is 12.0. The summed E-state index contributed by atoms with van der Waals surface area (Å²) in [5.41, 5.74) is 0.902. The summed E-state index contributed by atoms with van der Waals surface area (Å²) in [5.74, 6) is -0.385. The predicted molar refractivity (Wildman–Crippen MR) is 51.8 cm³/mol. The van der Waals surface area contributed by atoms with Gasteiger partial charge in [-0.1, -0.05) is 6.07 Å². The fourth-order valence-electron chi connectivity index (χ4n) is 1.31. The van der Waals surface area contributed by atoms with Crippen LogP contribution in [0, 0.1) is 22.7 Å². The van der Waals surface area contributed by atoms with E-state index in [0.717, 1.165) is 12.1 Å². The van der Waals surface area contributed by atoms with Gasteiger partial charge in [-0.3, -0.25) is 0 Å². The first-order chi connectivity index (χ1) is 7.96. The maximum Gasteiger partial charge on any atom is 0.573 e. The molecule has 0 aliphatic heterocycles. The highest BCUT2D eigenvalue weighted by Gasteiger charge is 2.31. The molecule has 0 aromatic heterocycles. The second-order valence-corrected chi connectivity index (χ2v) is 3.15. The van der Waals surface area contributed by atoms with Crippen molar-refractivity contribution in [3.05, 3.63) is 29.3 Å². The van der Waals surface area contributed by atoms with E-state index in [1.54, 1.807) is 0 Å². The molecule has 0 radical (unpaired) electrons. The lowest BCUT2D eigenvalue weighted by molar-refractivity contribution is -0.274. The van der Waals surface area contributed by atoms with Gasteiger partial charge in [0.2, 0.25) is 0 Å². The molecule has 1 rings (SSSR count). The second kappa shape index (κ2) is 5.22. The Labute approximate surface area is 95.7 Å². The van der Waals surface area contributed by atoms with Crippen LogP contribution in [0.15, 0.2) is 18.2 Å². The Hall–Kier alpha value is -2.21. The van der Waals surface area contributed by atoms with Crippen molar-refractivity contribution >= 4 is 0 Å². The zero-order chi connectivity index (χ0) is 12.9. The van der Waals surface area contributed by atoms with Crippen molar-refractivity contribution in [2.75, 3.05) is 0 Å². The van der Waals surface area contributed by atoms with E-state index in [2.05, 4.69) is 4.74 Å². The number of nitriles is 2. The number of nitrogens with zero attached hydrogens (tertiary/aromatic N) is 2.